The van der Waals surface area contributed by atoms with Crippen molar-refractivity contribution in [2.75, 3.05) is 19.6 Å². The van der Waals surface area contributed by atoms with Gasteiger partial charge in [-0.25, -0.2) is 13.5 Å². The highest BCUT2D eigenvalue weighted by Crippen LogP contribution is 2.23. The van der Waals surface area contributed by atoms with Gasteiger partial charge in [-0.05, 0) is 54.0 Å². The van der Waals surface area contributed by atoms with E-state index in [9.17, 15) is 13.6 Å². The molecule has 0 unspecified atom stereocenters. The number of hydrogen-bond acceptors (Lipinski definition) is 3. The van der Waals surface area contributed by atoms with Gasteiger partial charge in [0.15, 0.2) is 0 Å². The van der Waals surface area contributed by atoms with Crippen LogP contribution >= 0.6 is 11.6 Å². The van der Waals surface area contributed by atoms with Gasteiger partial charge >= 0.3 is 0 Å². The summed E-state index contributed by atoms with van der Waals surface area (Å²) in [6.07, 6.45) is 6.62. The van der Waals surface area contributed by atoms with E-state index in [0.29, 0.717) is 13.1 Å². The molecule has 3 aromatic rings. The Morgan fingerprint density at radius 2 is 1.97 bits per heavy atom. The minimum atomic E-state index is -0.476. The number of rotatable bonds is 6. The third-order valence-corrected chi connectivity index (χ3v) is 5.47. The van der Waals surface area contributed by atoms with Crippen LogP contribution in [0.25, 0.3) is 11.3 Å². The molecule has 0 bridgehead atoms. The summed E-state index contributed by atoms with van der Waals surface area (Å²) in [5.41, 5.74) is 3.73. The van der Waals surface area contributed by atoms with Gasteiger partial charge in [-0.15, -0.1) is 0 Å². The van der Waals surface area contributed by atoms with Crippen molar-refractivity contribution >= 4 is 23.1 Å². The fourth-order valence-corrected chi connectivity index (χ4v) is 3.65. The van der Waals surface area contributed by atoms with Crippen LogP contribution < -0.4 is 5.32 Å². The number of nitrogens with one attached hydrogen (secondary N) is 1. The Labute approximate surface area is 183 Å². The van der Waals surface area contributed by atoms with E-state index in [1.165, 1.54) is 29.8 Å². The lowest BCUT2D eigenvalue weighted by atomic mass is 10.0. The smallest absolute Gasteiger partial charge is 0.234 e. The van der Waals surface area contributed by atoms with Gasteiger partial charge in [0.05, 0.1) is 23.5 Å². The van der Waals surface area contributed by atoms with Crippen LogP contribution in [0.15, 0.2) is 60.9 Å². The fraction of sp³-hybridized carbons (Fsp3) is 0.217. The van der Waals surface area contributed by atoms with Crippen molar-refractivity contribution < 1.29 is 13.6 Å². The highest BCUT2D eigenvalue weighted by molar-refractivity contribution is 6.30. The van der Waals surface area contributed by atoms with E-state index in [4.69, 9.17) is 11.6 Å². The first kappa shape index (κ1) is 21.2. The van der Waals surface area contributed by atoms with Gasteiger partial charge in [0, 0.05) is 31.4 Å². The minimum Gasteiger partial charge on any atom is -0.351 e. The van der Waals surface area contributed by atoms with Crippen LogP contribution in [-0.4, -0.2) is 40.2 Å². The molecular formula is C23H21ClF2N4O. The average molecular weight is 443 g/mol. The zero-order chi connectivity index (χ0) is 21.8. The average Bonchev–Trinajstić information content (AvgIpc) is 3.26. The molecule has 0 atom stereocenters. The molecule has 1 amide bonds. The number of halogens is 3. The van der Waals surface area contributed by atoms with Gasteiger partial charge in [0.25, 0.3) is 0 Å². The molecule has 2 heterocycles. The van der Waals surface area contributed by atoms with E-state index in [2.05, 4.69) is 21.4 Å². The predicted octanol–water partition coefficient (Wildman–Crippen LogP) is 4.21. The van der Waals surface area contributed by atoms with E-state index in [0.717, 1.165) is 29.8 Å². The molecule has 0 saturated carbocycles. The molecule has 0 spiro atoms. The molecule has 0 fully saturated rings. The van der Waals surface area contributed by atoms with Crippen LogP contribution in [0.1, 0.15) is 17.5 Å². The Morgan fingerprint density at radius 1 is 1.16 bits per heavy atom. The normalized spacial score (nSPS) is 14.4. The van der Waals surface area contributed by atoms with Crippen LogP contribution in [-0.2, 0) is 11.3 Å². The Balaban J connectivity index is 1.29. The quantitative estimate of drug-likeness (QED) is 0.622. The zero-order valence-corrected chi connectivity index (χ0v) is 17.4. The van der Waals surface area contributed by atoms with Crippen LogP contribution in [0, 0.1) is 11.6 Å². The maximum absolute atomic E-state index is 13.2. The van der Waals surface area contributed by atoms with Crippen molar-refractivity contribution in [3.8, 4) is 5.69 Å². The Bertz CT molecular complexity index is 1110. The van der Waals surface area contributed by atoms with Crippen LogP contribution in [0.3, 0.4) is 0 Å². The first-order chi connectivity index (χ1) is 15.0. The first-order valence-corrected chi connectivity index (χ1v) is 10.3. The largest absolute Gasteiger partial charge is 0.351 e. The maximum Gasteiger partial charge on any atom is 0.234 e. The first-order valence-electron chi connectivity index (χ1n) is 9.91. The zero-order valence-electron chi connectivity index (χ0n) is 16.7. The number of amides is 1. The Morgan fingerprint density at radius 3 is 2.68 bits per heavy atom. The number of benzene rings is 2. The Hall–Kier alpha value is -3.03. The molecule has 0 saturated heterocycles. The SMILES string of the molecule is O=C(CN1CC=C(c2cnn(-c3ccc(F)cc3)c2)CC1)NCc1ccc(F)c(Cl)c1. The highest BCUT2D eigenvalue weighted by Gasteiger charge is 2.17. The summed E-state index contributed by atoms with van der Waals surface area (Å²) in [6, 6.07) is 10.6. The summed E-state index contributed by atoms with van der Waals surface area (Å²) in [5.74, 6) is -0.853. The molecule has 1 aliphatic heterocycles. The molecule has 160 valence electrons. The third kappa shape index (κ3) is 5.37. The lowest BCUT2D eigenvalue weighted by molar-refractivity contribution is -0.122. The van der Waals surface area contributed by atoms with Crippen LogP contribution in [0.2, 0.25) is 5.02 Å². The van der Waals surface area contributed by atoms with Crippen LogP contribution in [0.5, 0.6) is 0 Å². The maximum atomic E-state index is 13.2. The second-order valence-electron chi connectivity index (χ2n) is 7.39. The fourth-order valence-electron chi connectivity index (χ4n) is 3.45. The summed E-state index contributed by atoms with van der Waals surface area (Å²) >= 11 is 5.77. The summed E-state index contributed by atoms with van der Waals surface area (Å²) in [6.45, 7) is 2.00. The summed E-state index contributed by atoms with van der Waals surface area (Å²) in [5, 5.41) is 7.25. The number of carbonyl (C=O) groups excluding carboxylic acids is 1. The molecule has 31 heavy (non-hydrogen) atoms. The highest BCUT2D eigenvalue weighted by atomic mass is 35.5. The molecule has 4 rings (SSSR count). The molecule has 1 aliphatic rings. The van der Waals surface area contributed by atoms with Crippen molar-refractivity contribution in [2.45, 2.75) is 13.0 Å². The van der Waals surface area contributed by atoms with Gasteiger partial charge in [-0.2, -0.15) is 5.10 Å². The summed E-state index contributed by atoms with van der Waals surface area (Å²) in [7, 11) is 0. The molecule has 2 aromatic carbocycles. The summed E-state index contributed by atoms with van der Waals surface area (Å²) in [4.78, 5) is 14.3. The van der Waals surface area contributed by atoms with Gasteiger partial charge in [-0.3, -0.25) is 9.69 Å². The lowest BCUT2D eigenvalue weighted by Gasteiger charge is -2.25. The van der Waals surface area contributed by atoms with E-state index in [1.807, 2.05) is 6.20 Å². The van der Waals surface area contributed by atoms with Gasteiger partial charge < -0.3 is 5.32 Å². The number of carbonyl (C=O) groups is 1. The van der Waals surface area contributed by atoms with Crippen molar-refractivity contribution in [3.63, 3.8) is 0 Å². The van der Waals surface area contributed by atoms with E-state index < -0.39 is 5.82 Å². The molecule has 5 nitrogen and oxygen atoms in total. The second-order valence-corrected chi connectivity index (χ2v) is 7.80. The molecule has 1 aromatic heterocycles. The predicted molar refractivity (Wildman–Crippen MR) is 116 cm³/mol. The van der Waals surface area contributed by atoms with E-state index in [-0.39, 0.29) is 23.3 Å². The van der Waals surface area contributed by atoms with Crippen molar-refractivity contribution in [2.24, 2.45) is 0 Å². The molecule has 0 aliphatic carbocycles. The second kappa shape index (κ2) is 9.41. The van der Waals surface area contributed by atoms with Crippen molar-refractivity contribution in [1.82, 2.24) is 20.0 Å². The van der Waals surface area contributed by atoms with Crippen molar-refractivity contribution in [3.05, 3.63) is 88.7 Å². The number of hydrogen-bond donors (Lipinski definition) is 1. The van der Waals surface area contributed by atoms with Crippen molar-refractivity contribution in [1.29, 1.82) is 0 Å². The van der Waals surface area contributed by atoms with E-state index >= 15 is 0 Å². The Kier molecular flexibility index (Phi) is 6.44. The van der Waals surface area contributed by atoms with E-state index in [1.54, 1.807) is 29.1 Å². The molecule has 1 N–H and O–H groups in total. The molecular weight excluding hydrogens is 422 g/mol. The standard InChI is InChI=1S/C23H21ClF2N4O/c24-21-11-16(1-6-22(21)26)12-27-23(31)15-29-9-7-17(8-10-29)18-13-28-30(14-18)20-4-2-19(25)3-5-20/h1-7,11,13-14H,8-10,12,15H2,(H,27,31). The third-order valence-electron chi connectivity index (χ3n) is 5.18. The number of nitrogens with zero attached hydrogens (tertiary/aromatic N) is 3. The number of aromatic nitrogens is 2. The minimum absolute atomic E-state index is 0.0446. The van der Waals surface area contributed by atoms with Gasteiger partial charge in [0.2, 0.25) is 5.91 Å². The van der Waals surface area contributed by atoms with Crippen LogP contribution in [0.4, 0.5) is 8.78 Å². The van der Waals surface area contributed by atoms with Gasteiger partial charge in [-0.1, -0.05) is 23.7 Å². The summed E-state index contributed by atoms with van der Waals surface area (Å²) < 4.78 is 28.0. The molecule has 8 heteroatoms. The topological polar surface area (TPSA) is 50.2 Å². The lowest BCUT2D eigenvalue weighted by Crippen LogP contribution is -2.39. The molecule has 0 radical (unpaired) electrons. The van der Waals surface area contributed by atoms with Gasteiger partial charge in [0.1, 0.15) is 11.6 Å². The monoisotopic (exact) mass is 442 g/mol.